The molecule has 0 aliphatic heterocycles. The van der Waals surface area contributed by atoms with Gasteiger partial charge in [0, 0.05) is 10.2 Å². The first kappa shape index (κ1) is 16.0. The third-order valence-corrected chi connectivity index (χ3v) is 3.38. The summed E-state index contributed by atoms with van der Waals surface area (Å²) in [5, 5.41) is 12.0. The smallest absolute Gasteiger partial charge is 0.339 e. The second kappa shape index (κ2) is 7.09. The van der Waals surface area contributed by atoms with Crippen LogP contribution in [0.4, 0.5) is 5.69 Å². The zero-order chi connectivity index (χ0) is 16.1. The van der Waals surface area contributed by atoms with Gasteiger partial charge in [0.25, 0.3) is 5.91 Å². The average molecular weight is 364 g/mol. The van der Waals surface area contributed by atoms with Crippen LogP contribution >= 0.6 is 15.9 Å². The van der Waals surface area contributed by atoms with Crippen molar-refractivity contribution in [2.24, 2.45) is 0 Å². The average Bonchev–Trinajstić information content (AvgIpc) is 2.49. The van der Waals surface area contributed by atoms with Crippen molar-refractivity contribution in [1.82, 2.24) is 0 Å². The van der Waals surface area contributed by atoms with Crippen molar-refractivity contribution in [3.8, 4) is 5.75 Å². The molecule has 0 aliphatic carbocycles. The Kier molecular flexibility index (Phi) is 5.16. The molecular formula is C16H14BrNO4. The van der Waals surface area contributed by atoms with Crippen molar-refractivity contribution in [2.75, 3.05) is 5.32 Å². The lowest BCUT2D eigenvalue weighted by molar-refractivity contribution is -0.123. The Morgan fingerprint density at radius 1 is 1.18 bits per heavy atom. The number of carbonyl (C=O) groups excluding carboxylic acids is 2. The highest BCUT2D eigenvalue weighted by Crippen LogP contribution is 2.15. The molecule has 114 valence electrons. The number of aromatic hydroxyl groups is 1. The molecule has 0 fully saturated rings. The van der Waals surface area contributed by atoms with Crippen LogP contribution in [-0.2, 0) is 9.53 Å². The number of amides is 1. The number of hydrogen-bond acceptors (Lipinski definition) is 4. The highest BCUT2D eigenvalue weighted by atomic mass is 79.9. The van der Waals surface area contributed by atoms with Gasteiger partial charge in [-0.25, -0.2) is 4.79 Å². The third-order valence-electron chi connectivity index (χ3n) is 2.85. The van der Waals surface area contributed by atoms with Crippen molar-refractivity contribution >= 4 is 33.5 Å². The molecule has 1 amide bonds. The fourth-order valence-electron chi connectivity index (χ4n) is 1.69. The molecule has 0 bridgehead atoms. The highest BCUT2D eigenvalue weighted by molar-refractivity contribution is 9.10. The van der Waals surface area contributed by atoms with E-state index >= 15 is 0 Å². The maximum atomic E-state index is 12.0. The van der Waals surface area contributed by atoms with E-state index < -0.39 is 18.0 Å². The van der Waals surface area contributed by atoms with Gasteiger partial charge in [-0.3, -0.25) is 4.79 Å². The molecule has 1 atom stereocenters. The molecule has 0 unspecified atom stereocenters. The van der Waals surface area contributed by atoms with Gasteiger partial charge in [0.2, 0.25) is 0 Å². The quantitative estimate of drug-likeness (QED) is 0.816. The van der Waals surface area contributed by atoms with Gasteiger partial charge >= 0.3 is 5.97 Å². The van der Waals surface area contributed by atoms with Crippen molar-refractivity contribution < 1.29 is 19.4 Å². The number of nitrogens with one attached hydrogen (secondary N) is 1. The molecular weight excluding hydrogens is 350 g/mol. The van der Waals surface area contributed by atoms with Gasteiger partial charge < -0.3 is 15.2 Å². The van der Waals surface area contributed by atoms with Gasteiger partial charge in [0.15, 0.2) is 6.10 Å². The number of rotatable bonds is 4. The summed E-state index contributed by atoms with van der Waals surface area (Å²) in [6.07, 6.45) is -0.960. The summed E-state index contributed by atoms with van der Waals surface area (Å²) in [5.74, 6) is -1.15. The summed E-state index contributed by atoms with van der Waals surface area (Å²) < 4.78 is 5.97. The number of carbonyl (C=O) groups is 2. The molecule has 0 spiro atoms. The number of phenolic OH excluding ortho intramolecular Hbond substituents is 1. The van der Waals surface area contributed by atoms with E-state index in [0.29, 0.717) is 5.69 Å². The standard InChI is InChI=1S/C16H14BrNO4/c1-10(15(20)18-13-7-5-12(17)6-8-13)22-16(21)11-3-2-4-14(19)9-11/h2-10,19H,1H3,(H,18,20)/t10-/m1/s1. The van der Waals surface area contributed by atoms with Crippen molar-refractivity contribution in [1.29, 1.82) is 0 Å². The van der Waals surface area contributed by atoms with Crippen molar-refractivity contribution in [3.05, 3.63) is 58.6 Å². The molecule has 5 nitrogen and oxygen atoms in total. The second-order valence-corrected chi connectivity index (χ2v) is 5.51. The van der Waals surface area contributed by atoms with Gasteiger partial charge in [0.1, 0.15) is 5.75 Å². The van der Waals surface area contributed by atoms with Gasteiger partial charge in [-0.15, -0.1) is 0 Å². The minimum atomic E-state index is -0.960. The van der Waals surface area contributed by atoms with Gasteiger partial charge in [-0.2, -0.15) is 0 Å². The largest absolute Gasteiger partial charge is 0.508 e. The number of halogens is 1. The van der Waals surface area contributed by atoms with Crippen molar-refractivity contribution in [2.45, 2.75) is 13.0 Å². The molecule has 0 aliphatic rings. The van der Waals surface area contributed by atoms with Crippen LogP contribution in [0.15, 0.2) is 53.0 Å². The van der Waals surface area contributed by atoms with E-state index in [4.69, 9.17) is 4.74 Å². The van der Waals surface area contributed by atoms with E-state index in [2.05, 4.69) is 21.2 Å². The molecule has 2 aromatic carbocycles. The SMILES string of the molecule is C[C@@H](OC(=O)c1cccc(O)c1)C(=O)Nc1ccc(Br)cc1. The highest BCUT2D eigenvalue weighted by Gasteiger charge is 2.19. The first-order chi connectivity index (χ1) is 10.5. The summed E-state index contributed by atoms with van der Waals surface area (Å²) >= 11 is 3.30. The van der Waals surface area contributed by atoms with Crippen LogP contribution in [0, 0.1) is 0 Å². The van der Waals surface area contributed by atoms with Gasteiger partial charge in [0.05, 0.1) is 5.56 Å². The molecule has 2 aromatic rings. The predicted octanol–water partition coefficient (Wildman–Crippen LogP) is 3.34. The Morgan fingerprint density at radius 2 is 1.86 bits per heavy atom. The van der Waals surface area contributed by atoms with E-state index in [1.165, 1.54) is 31.2 Å². The summed E-state index contributed by atoms with van der Waals surface area (Å²) in [7, 11) is 0. The Hall–Kier alpha value is -2.34. The zero-order valence-corrected chi connectivity index (χ0v) is 13.3. The molecule has 2 N–H and O–H groups in total. The molecule has 6 heteroatoms. The van der Waals surface area contributed by atoms with Crippen LogP contribution in [0.1, 0.15) is 17.3 Å². The lowest BCUT2D eigenvalue weighted by Gasteiger charge is -2.13. The van der Waals surface area contributed by atoms with E-state index in [0.717, 1.165) is 4.47 Å². The maximum Gasteiger partial charge on any atom is 0.339 e. The van der Waals surface area contributed by atoms with E-state index in [9.17, 15) is 14.7 Å². The van der Waals surface area contributed by atoms with Crippen LogP contribution in [0.3, 0.4) is 0 Å². The normalized spacial score (nSPS) is 11.5. The topological polar surface area (TPSA) is 75.6 Å². The van der Waals surface area contributed by atoms with Crippen LogP contribution in [0.2, 0.25) is 0 Å². The van der Waals surface area contributed by atoms with Crippen molar-refractivity contribution in [3.63, 3.8) is 0 Å². The maximum absolute atomic E-state index is 12.0. The number of ether oxygens (including phenoxy) is 1. The Balaban J connectivity index is 1.96. The molecule has 0 saturated heterocycles. The lowest BCUT2D eigenvalue weighted by atomic mass is 10.2. The third kappa shape index (κ3) is 4.33. The van der Waals surface area contributed by atoms with Crippen LogP contribution in [0.5, 0.6) is 5.75 Å². The number of hydrogen-bond donors (Lipinski definition) is 2. The second-order valence-electron chi connectivity index (χ2n) is 4.59. The summed E-state index contributed by atoms with van der Waals surface area (Å²) in [5.41, 5.74) is 0.789. The first-order valence-electron chi connectivity index (χ1n) is 6.52. The van der Waals surface area contributed by atoms with Crippen LogP contribution in [-0.4, -0.2) is 23.1 Å². The predicted molar refractivity (Wildman–Crippen MR) is 85.8 cm³/mol. The fraction of sp³-hybridized carbons (Fsp3) is 0.125. The monoisotopic (exact) mass is 363 g/mol. The molecule has 2 rings (SSSR count). The number of esters is 1. The minimum Gasteiger partial charge on any atom is -0.508 e. The van der Waals surface area contributed by atoms with Gasteiger partial charge in [-0.1, -0.05) is 22.0 Å². The minimum absolute atomic E-state index is 0.0404. The number of anilines is 1. The molecule has 0 radical (unpaired) electrons. The fourth-order valence-corrected chi connectivity index (χ4v) is 1.96. The number of phenols is 1. The summed E-state index contributed by atoms with van der Waals surface area (Å²) in [6.45, 7) is 1.48. The molecule has 22 heavy (non-hydrogen) atoms. The number of benzene rings is 2. The molecule has 0 saturated carbocycles. The Labute approximate surface area is 136 Å². The molecule has 0 heterocycles. The van der Waals surface area contributed by atoms with E-state index in [-0.39, 0.29) is 11.3 Å². The Bertz CT molecular complexity index is 685. The zero-order valence-electron chi connectivity index (χ0n) is 11.7. The van der Waals surface area contributed by atoms with Crippen LogP contribution in [0.25, 0.3) is 0 Å². The summed E-state index contributed by atoms with van der Waals surface area (Å²) in [4.78, 5) is 23.9. The first-order valence-corrected chi connectivity index (χ1v) is 7.31. The summed E-state index contributed by atoms with van der Waals surface area (Å²) in [6, 6.07) is 12.8. The van der Waals surface area contributed by atoms with E-state index in [1.807, 2.05) is 0 Å². The van der Waals surface area contributed by atoms with Crippen LogP contribution < -0.4 is 5.32 Å². The Morgan fingerprint density at radius 3 is 2.50 bits per heavy atom. The molecule has 0 aromatic heterocycles. The van der Waals surface area contributed by atoms with Gasteiger partial charge in [-0.05, 0) is 49.4 Å². The van der Waals surface area contributed by atoms with E-state index in [1.54, 1.807) is 24.3 Å². The lowest BCUT2D eigenvalue weighted by Crippen LogP contribution is -2.29.